The van der Waals surface area contributed by atoms with Gasteiger partial charge in [0.25, 0.3) is 0 Å². The molecule has 0 radical (unpaired) electrons. The van der Waals surface area contributed by atoms with Crippen molar-refractivity contribution in [3.63, 3.8) is 0 Å². The Bertz CT molecular complexity index is 720. The Labute approximate surface area is 196 Å². The molecule has 0 saturated carbocycles. The van der Waals surface area contributed by atoms with E-state index in [1.54, 1.807) is 16.9 Å². The Kier molecular flexibility index (Phi) is 10.9. The van der Waals surface area contributed by atoms with Crippen LogP contribution in [-0.4, -0.2) is 70.6 Å². The minimum atomic E-state index is -1.17. The Morgan fingerprint density at radius 2 is 1.88 bits per heavy atom. The largest absolute Gasteiger partial charge is 0.457 e. The molecule has 4 N–H and O–H groups in total. The smallest absolute Gasteiger partial charge is 0.309 e. The minimum absolute atomic E-state index is 0.118. The average molecular weight is 488 g/mol. The summed E-state index contributed by atoms with van der Waals surface area (Å²) in [5.74, 6) is -1.09. The molecule has 6 atom stereocenters. The molecule has 2 aliphatic rings. The molecule has 180 valence electrons. The number of amides is 3. The zero-order valence-electron chi connectivity index (χ0n) is 18.7. The summed E-state index contributed by atoms with van der Waals surface area (Å²) < 4.78 is 5.46. The summed E-state index contributed by atoms with van der Waals surface area (Å²) in [6.07, 6.45) is 2.41. The van der Waals surface area contributed by atoms with E-state index in [0.717, 1.165) is 5.75 Å². The van der Waals surface area contributed by atoms with Crippen LogP contribution >= 0.6 is 21.6 Å². The molecule has 0 aromatic carbocycles. The van der Waals surface area contributed by atoms with Crippen LogP contribution < -0.4 is 16.0 Å². The monoisotopic (exact) mass is 487 g/mol. The van der Waals surface area contributed by atoms with E-state index in [0.29, 0.717) is 18.6 Å². The van der Waals surface area contributed by atoms with Crippen molar-refractivity contribution in [1.82, 2.24) is 16.0 Å². The van der Waals surface area contributed by atoms with Crippen LogP contribution in [0.5, 0.6) is 0 Å². The number of hydrogen-bond donors (Lipinski definition) is 4. The van der Waals surface area contributed by atoms with Gasteiger partial charge < -0.3 is 25.8 Å². The van der Waals surface area contributed by atoms with Crippen molar-refractivity contribution in [2.24, 2.45) is 5.92 Å². The molecule has 4 unspecified atom stereocenters. The maximum atomic E-state index is 13.1. The van der Waals surface area contributed by atoms with Gasteiger partial charge in [0, 0.05) is 11.5 Å². The number of nitrogens with one attached hydrogen (secondary N) is 3. The zero-order chi connectivity index (χ0) is 23.7. The van der Waals surface area contributed by atoms with Crippen molar-refractivity contribution < 1.29 is 29.0 Å². The second-order valence-corrected chi connectivity index (χ2v) is 10.7. The van der Waals surface area contributed by atoms with Gasteiger partial charge in [-0.25, -0.2) is 0 Å². The second kappa shape index (κ2) is 13.1. The molecule has 2 heterocycles. The maximum Gasteiger partial charge on any atom is 0.309 e. The number of carbonyl (C=O) groups is 4. The molecule has 9 nitrogen and oxygen atoms in total. The van der Waals surface area contributed by atoms with Crippen LogP contribution in [0.25, 0.3) is 0 Å². The molecule has 2 rings (SSSR count). The van der Waals surface area contributed by atoms with E-state index in [1.807, 2.05) is 19.9 Å². The summed E-state index contributed by atoms with van der Waals surface area (Å²) in [5.41, 5.74) is 0. The first-order valence-corrected chi connectivity index (χ1v) is 13.4. The lowest BCUT2D eigenvalue weighted by atomic mass is 9.92. The SMILES string of the molecule is CCC(C)C1NC(=O)C2CSSCCC=C[C@H](CC(=O)NC(C)C(=O)N2)OC(=O)C[C@@H]1O. The summed E-state index contributed by atoms with van der Waals surface area (Å²) >= 11 is 0. The average Bonchev–Trinajstić information content (AvgIpc) is 2.73. The lowest BCUT2D eigenvalue weighted by Crippen LogP contribution is -2.57. The molecule has 2 bridgehead atoms. The van der Waals surface area contributed by atoms with E-state index in [9.17, 15) is 24.3 Å². The first-order chi connectivity index (χ1) is 15.2. The number of esters is 1. The third-order valence-electron chi connectivity index (χ3n) is 5.47. The number of rotatable bonds is 2. The van der Waals surface area contributed by atoms with Crippen LogP contribution in [0.3, 0.4) is 0 Å². The van der Waals surface area contributed by atoms with Gasteiger partial charge in [-0.15, -0.1) is 0 Å². The summed E-state index contributed by atoms with van der Waals surface area (Å²) in [4.78, 5) is 50.7. The van der Waals surface area contributed by atoms with Crippen LogP contribution in [0.1, 0.15) is 46.5 Å². The van der Waals surface area contributed by atoms with Gasteiger partial charge in [0.05, 0.1) is 25.0 Å². The molecule has 0 aromatic rings. The third-order valence-corrected chi connectivity index (χ3v) is 7.91. The molecule has 1 fully saturated rings. The normalized spacial score (nSPS) is 32.3. The van der Waals surface area contributed by atoms with Crippen molar-refractivity contribution in [1.29, 1.82) is 0 Å². The highest BCUT2D eigenvalue weighted by molar-refractivity contribution is 8.76. The molecular formula is C21H33N3O6S2. The van der Waals surface area contributed by atoms with Gasteiger partial charge >= 0.3 is 5.97 Å². The van der Waals surface area contributed by atoms with Crippen molar-refractivity contribution in [2.75, 3.05) is 11.5 Å². The number of ether oxygens (including phenoxy) is 1. The van der Waals surface area contributed by atoms with Crippen molar-refractivity contribution >= 4 is 45.3 Å². The predicted octanol–water partition coefficient (Wildman–Crippen LogP) is 0.915. The van der Waals surface area contributed by atoms with E-state index in [-0.39, 0.29) is 18.8 Å². The van der Waals surface area contributed by atoms with Crippen LogP contribution in [0, 0.1) is 5.92 Å². The molecule has 11 heteroatoms. The van der Waals surface area contributed by atoms with Crippen molar-refractivity contribution in [2.45, 2.75) is 76.8 Å². The summed E-state index contributed by atoms with van der Waals surface area (Å²) in [6, 6.07) is -2.42. The van der Waals surface area contributed by atoms with Gasteiger partial charge in [-0.2, -0.15) is 0 Å². The molecular weight excluding hydrogens is 454 g/mol. The van der Waals surface area contributed by atoms with Gasteiger partial charge in [0.2, 0.25) is 17.7 Å². The highest BCUT2D eigenvalue weighted by Gasteiger charge is 2.33. The first kappa shape index (κ1) is 26.5. The van der Waals surface area contributed by atoms with Crippen LogP contribution in [0.4, 0.5) is 0 Å². The number of hydrogen-bond acceptors (Lipinski definition) is 8. The van der Waals surface area contributed by atoms with E-state index in [1.165, 1.54) is 17.7 Å². The molecule has 1 saturated heterocycles. The van der Waals surface area contributed by atoms with E-state index < -0.39 is 54.0 Å². The van der Waals surface area contributed by atoms with E-state index >= 15 is 0 Å². The number of fused-ring (bicyclic) bond motifs is 7. The van der Waals surface area contributed by atoms with Crippen LogP contribution in [0.2, 0.25) is 0 Å². The Morgan fingerprint density at radius 3 is 2.59 bits per heavy atom. The van der Waals surface area contributed by atoms with Crippen molar-refractivity contribution in [3.05, 3.63) is 12.2 Å². The van der Waals surface area contributed by atoms with Crippen molar-refractivity contribution in [3.8, 4) is 0 Å². The fraction of sp³-hybridized carbons (Fsp3) is 0.714. The van der Waals surface area contributed by atoms with Gasteiger partial charge in [0.15, 0.2) is 0 Å². The fourth-order valence-electron chi connectivity index (χ4n) is 3.37. The molecule has 0 aliphatic carbocycles. The number of aliphatic hydroxyl groups excluding tert-OH is 1. The molecule has 3 amide bonds. The summed E-state index contributed by atoms with van der Waals surface area (Å²) in [7, 11) is 3.03. The molecule has 32 heavy (non-hydrogen) atoms. The molecule has 0 spiro atoms. The standard InChI is InChI=1S/C21H33N3O6S2/c1-4-12(2)19-16(25)10-18(27)30-14-7-5-6-8-31-32-11-15(21(29)24-19)23-20(28)13(3)22-17(26)9-14/h5,7,12-16,19,25H,4,6,8-11H2,1-3H3,(H,22,26)(H,23,28)(H,24,29)/t12?,13?,14-,15?,16+,19?/m1/s1. The maximum absolute atomic E-state index is 13.1. The summed E-state index contributed by atoms with van der Waals surface area (Å²) in [5, 5.41) is 18.9. The zero-order valence-corrected chi connectivity index (χ0v) is 20.3. The molecule has 0 aromatic heterocycles. The predicted molar refractivity (Wildman–Crippen MR) is 125 cm³/mol. The quantitative estimate of drug-likeness (QED) is 0.257. The second-order valence-electron chi connectivity index (χ2n) is 8.10. The highest BCUT2D eigenvalue weighted by atomic mass is 33.1. The lowest BCUT2D eigenvalue weighted by Gasteiger charge is -2.30. The number of aliphatic hydroxyl groups is 1. The first-order valence-electron chi connectivity index (χ1n) is 10.9. The Balaban J connectivity index is 2.43. The van der Waals surface area contributed by atoms with Gasteiger partial charge in [-0.3, -0.25) is 19.2 Å². The third kappa shape index (κ3) is 8.32. The van der Waals surface area contributed by atoms with Crippen LogP contribution in [0.15, 0.2) is 12.2 Å². The minimum Gasteiger partial charge on any atom is -0.457 e. The van der Waals surface area contributed by atoms with E-state index in [4.69, 9.17) is 4.74 Å². The lowest BCUT2D eigenvalue weighted by molar-refractivity contribution is -0.151. The Morgan fingerprint density at radius 1 is 1.12 bits per heavy atom. The van der Waals surface area contributed by atoms with Crippen LogP contribution in [-0.2, 0) is 23.9 Å². The summed E-state index contributed by atoms with van der Waals surface area (Å²) in [6.45, 7) is 5.33. The van der Waals surface area contributed by atoms with E-state index in [2.05, 4.69) is 16.0 Å². The van der Waals surface area contributed by atoms with Gasteiger partial charge in [0.1, 0.15) is 18.2 Å². The van der Waals surface area contributed by atoms with Gasteiger partial charge in [-0.05, 0) is 25.3 Å². The fourth-order valence-corrected chi connectivity index (χ4v) is 5.52. The highest BCUT2D eigenvalue weighted by Crippen LogP contribution is 2.24. The number of carbonyl (C=O) groups excluding carboxylic acids is 4. The molecule has 2 aliphatic heterocycles. The topological polar surface area (TPSA) is 134 Å². The van der Waals surface area contributed by atoms with Gasteiger partial charge in [-0.1, -0.05) is 47.9 Å². The number of allylic oxidation sites excluding steroid dienone is 1. The Hall–Kier alpha value is -1.72.